The first-order valence-electron chi connectivity index (χ1n) is 9.76. The molecule has 0 aliphatic rings. The van der Waals surface area contributed by atoms with E-state index in [1.54, 1.807) is 10.6 Å². The number of aromatic nitrogens is 4. The summed E-state index contributed by atoms with van der Waals surface area (Å²) in [4.78, 5) is 0.244. The average molecular weight is 447 g/mol. The van der Waals surface area contributed by atoms with Gasteiger partial charge in [0.05, 0.1) is 15.9 Å². The number of aryl methyl sites for hydroxylation is 3. The molecule has 0 aliphatic carbocycles. The van der Waals surface area contributed by atoms with Crippen LogP contribution in [0.4, 0.5) is 13.2 Å². The van der Waals surface area contributed by atoms with Gasteiger partial charge in [-0.25, -0.2) is 0 Å². The summed E-state index contributed by atoms with van der Waals surface area (Å²) in [7, 11) is 0. The Labute approximate surface area is 179 Å². The number of thiazole rings is 1. The maximum absolute atomic E-state index is 12.5. The summed E-state index contributed by atoms with van der Waals surface area (Å²) in [5, 5.41) is 19.4. The van der Waals surface area contributed by atoms with E-state index in [0.717, 1.165) is 41.1 Å². The van der Waals surface area contributed by atoms with E-state index in [1.165, 1.54) is 17.7 Å². The summed E-state index contributed by atoms with van der Waals surface area (Å²) in [5.41, 5.74) is 4.44. The van der Waals surface area contributed by atoms with Crippen molar-refractivity contribution < 1.29 is 17.9 Å². The zero-order chi connectivity index (χ0) is 22.0. The van der Waals surface area contributed by atoms with Crippen LogP contribution < -0.4 is 9.54 Å². The Kier molecular flexibility index (Phi) is 5.81. The first-order valence-corrected chi connectivity index (χ1v) is 10.6. The van der Waals surface area contributed by atoms with Crippen molar-refractivity contribution in [3.8, 4) is 17.0 Å². The molecule has 0 fully saturated rings. The number of hydrogen-bond donors (Lipinski definition) is 2. The molecule has 10 heteroatoms. The number of halogens is 3. The van der Waals surface area contributed by atoms with Gasteiger partial charge in [0.15, 0.2) is 4.80 Å². The third kappa shape index (κ3) is 4.79. The molecule has 0 aliphatic heterocycles. The fraction of sp³-hybridized carbons (Fsp3) is 0.286. The van der Waals surface area contributed by atoms with Crippen LogP contribution in [0.25, 0.3) is 21.5 Å². The molecule has 162 valence electrons. The van der Waals surface area contributed by atoms with Crippen molar-refractivity contribution in [2.45, 2.75) is 39.1 Å². The summed E-state index contributed by atoms with van der Waals surface area (Å²) in [6.45, 7) is 2.59. The molecular weight excluding hydrogens is 427 g/mol. The highest BCUT2D eigenvalue weighted by molar-refractivity contribution is 7.16. The number of rotatable bonds is 7. The summed E-state index contributed by atoms with van der Waals surface area (Å²) in [5.74, 6) is -0.293. The Balaban J connectivity index is 1.54. The van der Waals surface area contributed by atoms with Crippen molar-refractivity contribution in [1.29, 1.82) is 5.41 Å². The molecule has 4 rings (SSSR count). The molecule has 2 N–H and O–H groups in total. The minimum absolute atomic E-state index is 0.244. The molecule has 2 aromatic heterocycles. The molecule has 0 radical (unpaired) electrons. The van der Waals surface area contributed by atoms with Gasteiger partial charge in [-0.15, -0.1) is 13.2 Å². The molecule has 6 nitrogen and oxygen atoms in total. The van der Waals surface area contributed by atoms with Gasteiger partial charge in [-0.1, -0.05) is 48.9 Å². The van der Waals surface area contributed by atoms with E-state index in [4.69, 9.17) is 5.41 Å². The molecule has 0 bridgehead atoms. The van der Waals surface area contributed by atoms with Gasteiger partial charge in [0, 0.05) is 18.5 Å². The van der Waals surface area contributed by atoms with Crippen molar-refractivity contribution in [3.05, 3.63) is 58.5 Å². The number of aromatic amines is 1. The van der Waals surface area contributed by atoms with Gasteiger partial charge in [0.2, 0.25) is 0 Å². The molecule has 0 saturated heterocycles. The molecule has 4 aromatic rings. The highest BCUT2D eigenvalue weighted by atomic mass is 32.1. The van der Waals surface area contributed by atoms with E-state index >= 15 is 0 Å². The van der Waals surface area contributed by atoms with Crippen LogP contribution in [0, 0.1) is 5.41 Å². The normalized spacial score (nSPS) is 11.9. The monoisotopic (exact) mass is 447 g/mol. The zero-order valence-electron chi connectivity index (χ0n) is 16.7. The van der Waals surface area contributed by atoms with Crippen LogP contribution in [-0.4, -0.2) is 26.3 Å². The highest BCUT2D eigenvalue weighted by Gasteiger charge is 2.31. The van der Waals surface area contributed by atoms with Crippen LogP contribution in [-0.2, 0) is 19.4 Å². The predicted octanol–water partition coefficient (Wildman–Crippen LogP) is 5.06. The maximum atomic E-state index is 12.5. The number of nitrogens with one attached hydrogen (secondary N) is 2. The van der Waals surface area contributed by atoms with E-state index in [9.17, 15) is 13.2 Å². The SMILES string of the molecule is CCCc1ccc(-c2n[nH]nc2CCn2c(=N)sc3cc(OC(F)(F)F)ccc32)cc1. The topological polar surface area (TPSA) is 79.6 Å². The second kappa shape index (κ2) is 8.54. The molecule has 2 heterocycles. The first-order chi connectivity index (χ1) is 14.8. The van der Waals surface area contributed by atoms with E-state index in [2.05, 4.69) is 39.2 Å². The Morgan fingerprint density at radius 2 is 1.87 bits per heavy atom. The number of H-pyrrole nitrogens is 1. The molecule has 0 atom stereocenters. The van der Waals surface area contributed by atoms with Crippen LogP contribution in [0.5, 0.6) is 5.75 Å². The largest absolute Gasteiger partial charge is 0.573 e. The number of fused-ring (bicyclic) bond motifs is 1. The molecule has 2 aromatic carbocycles. The fourth-order valence-electron chi connectivity index (χ4n) is 3.48. The van der Waals surface area contributed by atoms with Gasteiger partial charge in [0.1, 0.15) is 11.4 Å². The van der Waals surface area contributed by atoms with Crippen LogP contribution in [0.15, 0.2) is 42.5 Å². The lowest BCUT2D eigenvalue weighted by Gasteiger charge is -2.09. The number of hydrogen-bond acceptors (Lipinski definition) is 5. The van der Waals surface area contributed by atoms with Crippen LogP contribution in [0.2, 0.25) is 0 Å². The number of ether oxygens (including phenoxy) is 1. The first kappa shape index (κ1) is 21.1. The molecule has 0 amide bonds. The number of nitrogens with zero attached hydrogens (tertiary/aromatic N) is 3. The minimum Gasteiger partial charge on any atom is -0.406 e. The standard InChI is InChI=1S/C21H20F3N5OS/c1-2-3-13-4-6-14(7-5-13)19-16(26-28-27-19)10-11-29-17-9-8-15(30-21(22,23)24)12-18(17)31-20(29)25/h4-9,12,25H,2-3,10-11H2,1H3,(H,26,27,28). The predicted molar refractivity (Wildman–Crippen MR) is 112 cm³/mol. The average Bonchev–Trinajstić information content (AvgIpc) is 3.29. The third-order valence-electron chi connectivity index (χ3n) is 4.87. The highest BCUT2D eigenvalue weighted by Crippen LogP contribution is 2.28. The second-order valence-electron chi connectivity index (χ2n) is 7.05. The maximum Gasteiger partial charge on any atom is 0.573 e. The molecule has 0 spiro atoms. The van der Waals surface area contributed by atoms with E-state index in [1.807, 2.05) is 12.1 Å². The molecule has 0 unspecified atom stereocenters. The summed E-state index contributed by atoms with van der Waals surface area (Å²) in [6.07, 6.45) is -2.12. The van der Waals surface area contributed by atoms with Gasteiger partial charge in [0.25, 0.3) is 0 Å². The summed E-state index contributed by atoms with van der Waals surface area (Å²) < 4.78 is 43.7. The van der Waals surface area contributed by atoms with Gasteiger partial charge >= 0.3 is 6.36 Å². The lowest BCUT2D eigenvalue weighted by atomic mass is 10.0. The Hall–Kier alpha value is -3.14. The lowest BCUT2D eigenvalue weighted by Crippen LogP contribution is -2.17. The van der Waals surface area contributed by atoms with Gasteiger partial charge in [-0.05, 0) is 30.2 Å². The summed E-state index contributed by atoms with van der Waals surface area (Å²) in [6, 6.07) is 12.3. The zero-order valence-corrected chi connectivity index (χ0v) is 17.5. The smallest absolute Gasteiger partial charge is 0.406 e. The summed E-state index contributed by atoms with van der Waals surface area (Å²) >= 11 is 1.10. The van der Waals surface area contributed by atoms with Crippen molar-refractivity contribution in [2.75, 3.05) is 0 Å². The van der Waals surface area contributed by atoms with Crippen molar-refractivity contribution in [2.24, 2.45) is 0 Å². The Morgan fingerprint density at radius 1 is 1.10 bits per heavy atom. The van der Waals surface area contributed by atoms with Gasteiger partial charge < -0.3 is 9.30 Å². The Morgan fingerprint density at radius 3 is 2.58 bits per heavy atom. The third-order valence-corrected chi connectivity index (χ3v) is 5.83. The lowest BCUT2D eigenvalue weighted by molar-refractivity contribution is -0.274. The number of alkyl halides is 3. The van der Waals surface area contributed by atoms with Crippen LogP contribution in [0.1, 0.15) is 24.6 Å². The van der Waals surface area contributed by atoms with E-state index < -0.39 is 6.36 Å². The molecule has 31 heavy (non-hydrogen) atoms. The van der Waals surface area contributed by atoms with Gasteiger partial charge in [-0.2, -0.15) is 15.4 Å². The van der Waals surface area contributed by atoms with Crippen LogP contribution in [0.3, 0.4) is 0 Å². The van der Waals surface area contributed by atoms with E-state index in [0.29, 0.717) is 23.2 Å². The molecular formula is C21H20F3N5OS. The second-order valence-corrected chi connectivity index (χ2v) is 8.08. The Bertz CT molecular complexity index is 1240. The van der Waals surface area contributed by atoms with Gasteiger partial charge in [-0.3, -0.25) is 5.41 Å². The van der Waals surface area contributed by atoms with Crippen molar-refractivity contribution in [3.63, 3.8) is 0 Å². The minimum atomic E-state index is -4.75. The van der Waals surface area contributed by atoms with E-state index in [-0.39, 0.29) is 10.6 Å². The quantitative estimate of drug-likeness (QED) is 0.416. The number of benzene rings is 2. The molecule has 0 saturated carbocycles. The van der Waals surface area contributed by atoms with Crippen LogP contribution >= 0.6 is 11.3 Å². The fourth-order valence-corrected chi connectivity index (χ4v) is 4.45. The van der Waals surface area contributed by atoms with Crippen molar-refractivity contribution >= 4 is 21.6 Å². The van der Waals surface area contributed by atoms with Crippen molar-refractivity contribution in [1.82, 2.24) is 20.0 Å².